The maximum atomic E-state index is 4.49. The van der Waals surface area contributed by atoms with E-state index in [1.165, 1.54) is 32.1 Å². The monoisotopic (exact) mass is 292 g/mol. The molecule has 1 aromatic heterocycles. The van der Waals surface area contributed by atoms with Gasteiger partial charge in [0.15, 0.2) is 0 Å². The minimum atomic E-state index is 0.540. The second-order valence-corrected chi connectivity index (χ2v) is 7.04. The van der Waals surface area contributed by atoms with Crippen LogP contribution < -0.4 is 5.32 Å². The molecule has 0 saturated heterocycles. The molecule has 0 aromatic carbocycles. The molecule has 1 heterocycles. The Labute approximate surface area is 129 Å². The van der Waals surface area contributed by atoms with Crippen LogP contribution in [-0.2, 0) is 13.0 Å². The Balaban J connectivity index is 1.95. The molecule has 1 saturated carbocycles. The summed E-state index contributed by atoms with van der Waals surface area (Å²) in [6.07, 6.45) is 9.59. The maximum absolute atomic E-state index is 4.49. The Hall–Kier alpha value is -0.900. The molecule has 0 bridgehead atoms. The number of rotatable bonds is 7. The number of hydrogen-bond acceptors (Lipinski definition) is 3. The van der Waals surface area contributed by atoms with Crippen LogP contribution in [0.4, 0.5) is 0 Å². The van der Waals surface area contributed by atoms with E-state index in [0.29, 0.717) is 12.0 Å². The number of nitrogens with zero attached hydrogens (tertiary/aromatic N) is 3. The van der Waals surface area contributed by atoms with E-state index < -0.39 is 0 Å². The molecule has 0 aliphatic heterocycles. The topological polar surface area (TPSA) is 42.7 Å². The molecule has 4 heteroatoms. The van der Waals surface area contributed by atoms with E-state index in [0.717, 1.165) is 30.6 Å². The lowest BCUT2D eigenvalue weighted by Crippen LogP contribution is -2.38. The SMILES string of the molecule is CCC1CCC(C(Cc2ncnn2CC(C)C)NC)CC1. The third-order valence-electron chi connectivity index (χ3n) is 5.04. The Morgan fingerprint density at radius 1 is 1.29 bits per heavy atom. The van der Waals surface area contributed by atoms with E-state index in [4.69, 9.17) is 0 Å². The molecule has 2 rings (SSSR count). The maximum Gasteiger partial charge on any atom is 0.138 e. The Morgan fingerprint density at radius 2 is 2.00 bits per heavy atom. The summed E-state index contributed by atoms with van der Waals surface area (Å²) in [5.41, 5.74) is 0. The van der Waals surface area contributed by atoms with Gasteiger partial charge in [0.25, 0.3) is 0 Å². The van der Waals surface area contributed by atoms with E-state index in [1.54, 1.807) is 6.33 Å². The van der Waals surface area contributed by atoms with Crippen molar-refractivity contribution in [1.29, 1.82) is 0 Å². The van der Waals surface area contributed by atoms with Gasteiger partial charge in [-0.2, -0.15) is 5.10 Å². The van der Waals surface area contributed by atoms with Crippen molar-refractivity contribution in [3.8, 4) is 0 Å². The number of nitrogens with one attached hydrogen (secondary N) is 1. The molecule has 0 spiro atoms. The van der Waals surface area contributed by atoms with Crippen LogP contribution in [-0.4, -0.2) is 27.9 Å². The summed E-state index contributed by atoms with van der Waals surface area (Å²) < 4.78 is 2.09. The van der Waals surface area contributed by atoms with Gasteiger partial charge in [-0.05, 0) is 37.6 Å². The fourth-order valence-electron chi connectivity index (χ4n) is 3.64. The Kier molecular flexibility index (Phi) is 6.22. The number of likely N-dealkylation sites (N-methyl/N-ethyl adjacent to an activating group) is 1. The van der Waals surface area contributed by atoms with Gasteiger partial charge in [0.05, 0.1) is 0 Å². The summed E-state index contributed by atoms with van der Waals surface area (Å²) in [6.45, 7) is 7.75. The van der Waals surface area contributed by atoms with E-state index in [2.05, 4.69) is 47.9 Å². The first-order valence-corrected chi connectivity index (χ1v) is 8.67. The molecule has 1 aromatic rings. The summed E-state index contributed by atoms with van der Waals surface area (Å²) in [5.74, 6) is 3.50. The third kappa shape index (κ3) is 4.53. The Morgan fingerprint density at radius 3 is 2.57 bits per heavy atom. The normalized spacial score (nSPS) is 24.4. The van der Waals surface area contributed by atoms with Crippen LogP contribution in [0.15, 0.2) is 6.33 Å². The second kappa shape index (κ2) is 7.92. The molecule has 21 heavy (non-hydrogen) atoms. The van der Waals surface area contributed by atoms with Gasteiger partial charge in [-0.25, -0.2) is 9.67 Å². The molecule has 0 amide bonds. The lowest BCUT2D eigenvalue weighted by atomic mass is 9.77. The van der Waals surface area contributed by atoms with E-state index in [9.17, 15) is 0 Å². The summed E-state index contributed by atoms with van der Waals surface area (Å²) in [5, 5.41) is 7.93. The fraction of sp³-hybridized carbons (Fsp3) is 0.882. The van der Waals surface area contributed by atoms with Gasteiger partial charge >= 0.3 is 0 Å². The van der Waals surface area contributed by atoms with Crippen molar-refractivity contribution in [3.05, 3.63) is 12.2 Å². The van der Waals surface area contributed by atoms with Crippen molar-refractivity contribution in [2.75, 3.05) is 7.05 Å². The summed E-state index contributed by atoms with van der Waals surface area (Å²) in [7, 11) is 2.10. The zero-order chi connectivity index (χ0) is 15.2. The molecule has 1 aliphatic rings. The molecule has 0 radical (unpaired) electrons. The highest BCUT2D eigenvalue weighted by atomic mass is 15.3. The van der Waals surface area contributed by atoms with Crippen molar-refractivity contribution in [3.63, 3.8) is 0 Å². The highest BCUT2D eigenvalue weighted by Gasteiger charge is 2.27. The standard InChI is InChI=1S/C17H32N4/c1-5-14-6-8-15(9-7-14)16(18-4)10-17-19-12-20-21(17)11-13(2)3/h12-16,18H,5-11H2,1-4H3. The summed E-state index contributed by atoms with van der Waals surface area (Å²) in [4.78, 5) is 4.49. The van der Waals surface area contributed by atoms with Gasteiger partial charge < -0.3 is 5.32 Å². The van der Waals surface area contributed by atoms with Crippen molar-refractivity contribution >= 4 is 0 Å². The lowest BCUT2D eigenvalue weighted by molar-refractivity contribution is 0.219. The summed E-state index contributed by atoms with van der Waals surface area (Å²) >= 11 is 0. The molecule has 1 fully saturated rings. The highest BCUT2D eigenvalue weighted by molar-refractivity contribution is 4.93. The van der Waals surface area contributed by atoms with Crippen LogP contribution in [0.5, 0.6) is 0 Å². The van der Waals surface area contributed by atoms with Crippen molar-refractivity contribution in [1.82, 2.24) is 20.1 Å². The predicted octanol–water partition coefficient (Wildman–Crippen LogP) is 3.28. The minimum absolute atomic E-state index is 0.540. The molecule has 1 aliphatic carbocycles. The average molecular weight is 292 g/mol. The van der Waals surface area contributed by atoms with Crippen molar-refractivity contribution in [2.45, 2.75) is 71.9 Å². The van der Waals surface area contributed by atoms with Gasteiger partial charge in [0.2, 0.25) is 0 Å². The highest BCUT2D eigenvalue weighted by Crippen LogP contribution is 2.33. The van der Waals surface area contributed by atoms with Gasteiger partial charge in [-0.3, -0.25) is 0 Å². The van der Waals surface area contributed by atoms with Gasteiger partial charge in [0, 0.05) is 19.0 Å². The zero-order valence-electron chi connectivity index (χ0n) is 14.2. The molecule has 4 nitrogen and oxygen atoms in total. The van der Waals surface area contributed by atoms with Gasteiger partial charge in [-0.15, -0.1) is 0 Å². The van der Waals surface area contributed by atoms with E-state index in [1.807, 2.05) is 0 Å². The Bertz CT molecular complexity index is 405. The number of hydrogen-bond donors (Lipinski definition) is 1. The van der Waals surface area contributed by atoms with Crippen LogP contribution in [0.2, 0.25) is 0 Å². The first kappa shape index (κ1) is 16.5. The van der Waals surface area contributed by atoms with Gasteiger partial charge in [0.1, 0.15) is 12.2 Å². The van der Waals surface area contributed by atoms with Crippen LogP contribution in [0.1, 0.15) is 58.7 Å². The average Bonchev–Trinajstić information content (AvgIpc) is 2.91. The predicted molar refractivity (Wildman–Crippen MR) is 87.2 cm³/mol. The largest absolute Gasteiger partial charge is 0.316 e. The first-order valence-electron chi connectivity index (χ1n) is 8.67. The molecule has 1 N–H and O–H groups in total. The quantitative estimate of drug-likeness (QED) is 0.838. The summed E-state index contributed by atoms with van der Waals surface area (Å²) in [6, 6.07) is 0.540. The first-order chi connectivity index (χ1) is 10.1. The lowest BCUT2D eigenvalue weighted by Gasteiger charge is -2.33. The molecule has 1 atom stereocenters. The smallest absolute Gasteiger partial charge is 0.138 e. The van der Waals surface area contributed by atoms with E-state index >= 15 is 0 Å². The fourth-order valence-corrected chi connectivity index (χ4v) is 3.64. The van der Waals surface area contributed by atoms with Crippen LogP contribution in [0.3, 0.4) is 0 Å². The molecular formula is C17H32N4. The van der Waals surface area contributed by atoms with Gasteiger partial charge in [-0.1, -0.05) is 40.0 Å². The number of aromatic nitrogens is 3. The van der Waals surface area contributed by atoms with Crippen molar-refractivity contribution in [2.24, 2.45) is 17.8 Å². The van der Waals surface area contributed by atoms with Crippen molar-refractivity contribution < 1.29 is 0 Å². The zero-order valence-corrected chi connectivity index (χ0v) is 14.2. The van der Waals surface area contributed by atoms with E-state index in [-0.39, 0.29) is 0 Å². The van der Waals surface area contributed by atoms with Crippen LogP contribution in [0, 0.1) is 17.8 Å². The third-order valence-corrected chi connectivity index (χ3v) is 5.04. The van der Waals surface area contributed by atoms with Crippen LogP contribution in [0.25, 0.3) is 0 Å². The molecular weight excluding hydrogens is 260 g/mol. The van der Waals surface area contributed by atoms with Crippen LogP contribution >= 0.6 is 0 Å². The molecule has 1 unspecified atom stereocenters. The minimum Gasteiger partial charge on any atom is -0.316 e. The molecule has 120 valence electrons. The second-order valence-electron chi connectivity index (χ2n) is 7.04.